The molecule has 0 bridgehead atoms. The van der Waals surface area contributed by atoms with Gasteiger partial charge in [0.15, 0.2) is 5.75 Å². The first-order valence-electron chi connectivity index (χ1n) is 11.2. The number of fused-ring (bicyclic) bond motifs is 2. The van der Waals surface area contributed by atoms with Crippen LogP contribution in [0.5, 0.6) is 5.75 Å². The molecule has 0 unspecified atom stereocenters. The van der Waals surface area contributed by atoms with E-state index in [0.29, 0.717) is 46.7 Å². The Hall–Kier alpha value is -3.78. The molecule has 1 aliphatic carbocycles. The minimum absolute atomic E-state index is 0.126. The van der Waals surface area contributed by atoms with Crippen LogP contribution in [0.4, 0.5) is 0 Å². The highest BCUT2D eigenvalue weighted by molar-refractivity contribution is 9.10. The SMILES string of the molecule is Cc1ccc(C(=O)N/N=C2\CCCc3oc(C(=O)Oc4ccc(Br)c5cccnc45)c(C)c32)cc1. The number of amides is 1. The van der Waals surface area contributed by atoms with Gasteiger partial charge >= 0.3 is 5.97 Å². The Morgan fingerprint density at radius 1 is 1.09 bits per heavy atom. The molecule has 4 aromatic rings. The van der Waals surface area contributed by atoms with Crippen molar-refractivity contribution in [3.8, 4) is 5.75 Å². The first-order chi connectivity index (χ1) is 16.9. The van der Waals surface area contributed by atoms with Crippen molar-refractivity contribution in [3.05, 3.63) is 93.0 Å². The van der Waals surface area contributed by atoms with E-state index in [-0.39, 0.29) is 11.7 Å². The van der Waals surface area contributed by atoms with Gasteiger partial charge in [0, 0.05) is 39.2 Å². The lowest BCUT2D eigenvalue weighted by atomic mass is 9.93. The van der Waals surface area contributed by atoms with Gasteiger partial charge in [-0.05, 0) is 57.0 Å². The van der Waals surface area contributed by atoms with Crippen LogP contribution in [0.15, 0.2) is 68.7 Å². The van der Waals surface area contributed by atoms with Crippen LogP contribution in [0.2, 0.25) is 0 Å². The summed E-state index contributed by atoms with van der Waals surface area (Å²) >= 11 is 3.50. The average molecular weight is 532 g/mol. The highest BCUT2D eigenvalue weighted by Crippen LogP contribution is 2.33. The Morgan fingerprint density at radius 2 is 1.89 bits per heavy atom. The molecule has 0 fully saturated rings. The number of benzene rings is 2. The predicted molar refractivity (Wildman–Crippen MR) is 136 cm³/mol. The van der Waals surface area contributed by atoms with Crippen molar-refractivity contribution < 1.29 is 18.7 Å². The number of nitrogens with one attached hydrogen (secondary N) is 1. The molecule has 1 amide bonds. The summed E-state index contributed by atoms with van der Waals surface area (Å²) < 4.78 is 12.5. The van der Waals surface area contributed by atoms with Gasteiger partial charge in [0.05, 0.1) is 5.71 Å². The monoisotopic (exact) mass is 531 g/mol. The lowest BCUT2D eigenvalue weighted by Crippen LogP contribution is -2.22. The average Bonchev–Trinajstić information content (AvgIpc) is 3.22. The summed E-state index contributed by atoms with van der Waals surface area (Å²) in [7, 11) is 0. The zero-order valence-corrected chi connectivity index (χ0v) is 20.8. The van der Waals surface area contributed by atoms with Gasteiger partial charge < -0.3 is 9.15 Å². The minimum atomic E-state index is -0.603. The molecule has 2 aromatic heterocycles. The second-order valence-electron chi connectivity index (χ2n) is 8.41. The highest BCUT2D eigenvalue weighted by Gasteiger charge is 2.29. The van der Waals surface area contributed by atoms with Crippen molar-refractivity contribution in [1.29, 1.82) is 0 Å². The molecule has 8 heteroatoms. The number of ether oxygens (including phenoxy) is 1. The van der Waals surface area contributed by atoms with E-state index >= 15 is 0 Å². The Bertz CT molecular complexity index is 1490. The lowest BCUT2D eigenvalue weighted by molar-refractivity contribution is 0.0700. The Morgan fingerprint density at radius 3 is 2.69 bits per heavy atom. The summed E-state index contributed by atoms with van der Waals surface area (Å²) in [5.41, 5.74) is 6.89. The number of rotatable bonds is 4. The van der Waals surface area contributed by atoms with E-state index in [1.54, 1.807) is 31.3 Å². The maximum atomic E-state index is 13.1. The molecule has 0 atom stereocenters. The van der Waals surface area contributed by atoms with Crippen LogP contribution in [-0.4, -0.2) is 22.6 Å². The number of hydrogen-bond donors (Lipinski definition) is 1. The van der Waals surface area contributed by atoms with E-state index in [9.17, 15) is 9.59 Å². The normalized spacial score (nSPS) is 14.1. The van der Waals surface area contributed by atoms with Gasteiger partial charge in [-0.1, -0.05) is 39.7 Å². The first kappa shape index (κ1) is 23.0. The third-order valence-corrected chi connectivity index (χ3v) is 6.69. The van der Waals surface area contributed by atoms with Crippen molar-refractivity contribution in [3.63, 3.8) is 0 Å². The number of furan rings is 1. The fourth-order valence-corrected chi connectivity index (χ4v) is 4.66. The third-order valence-electron chi connectivity index (χ3n) is 6.00. The fraction of sp³-hybridized carbons (Fsp3) is 0.185. The molecule has 0 saturated carbocycles. The van der Waals surface area contributed by atoms with Crippen LogP contribution in [0.1, 0.15) is 56.2 Å². The van der Waals surface area contributed by atoms with Crippen molar-refractivity contribution in [2.24, 2.45) is 5.10 Å². The van der Waals surface area contributed by atoms with Gasteiger partial charge in [0.2, 0.25) is 5.76 Å². The number of nitrogens with zero attached hydrogens (tertiary/aromatic N) is 2. The standard InChI is InChI=1S/C27H22BrN3O4/c1-15-8-10-17(11-9-15)26(32)31-30-20-6-3-7-21-23(20)16(2)25(34-21)27(33)35-22-13-12-19(28)18-5-4-14-29-24(18)22/h4-5,8-14H,3,6-7H2,1-2H3,(H,31,32)/b30-20+. The summed E-state index contributed by atoms with van der Waals surface area (Å²) in [6.45, 7) is 3.77. The molecule has 0 aliphatic heterocycles. The van der Waals surface area contributed by atoms with Crippen LogP contribution in [-0.2, 0) is 6.42 Å². The zero-order chi connectivity index (χ0) is 24.5. The van der Waals surface area contributed by atoms with Gasteiger partial charge in [-0.3, -0.25) is 9.78 Å². The van der Waals surface area contributed by atoms with E-state index in [2.05, 4.69) is 31.4 Å². The largest absolute Gasteiger partial charge is 0.453 e. The maximum absolute atomic E-state index is 13.1. The summed E-state index contributed by atoms with van der Waals surface area (Å²) in [6.07, 6.45) is 3.79. The Kier molecular flexibility index (Phi) is 6.21. The number of hydrazone groups is 1. The summed E-state index contributed by atoms with van der Waals surface area (Å²) in [5, 5.41) is 5.22. The van der Waals surface area contributed by atoms with Crippen molar-refractivity contribution >= 4 is 44.4 Å². The molecule has 5 rings (SSSR count). The predicted octanol–water partition coefficient (Wildman–Crippen LogP) is 5.90. The number of esters is 1. The topological polar surface area (TPSA) is 93.8 Å². The summed E-state index contributed by atoms with van der Waals surface area (Å²) in [6, 6.07) is 14.5. The van der Waals surface area contributed by atoms with Crippen LogP contribution in [0.3, 0.4) is 0 Å². The lowest BCUT2D eigenvalue weighted by Gasteiger charge is -2.13. The molecule has 35 heavy (non-hydrogen) atoms. The third kappa shape index (κ3) is 4.49. The first-order valence-corrected chi connectivity index (χ1v) is 12.0. The van der Waals surface area contributed by atoms with Crippen molar-refractivity contribution in [2.75, 3.05) is 0 Å². The van der Waals surface area contributed by atoms with E-state index in [4.69, 9.17) is 9.15 Å². The summed E-state index contributed by atoms with van der Waals surface area (Å²) in [4.78, 5) is 30.0. The van der Waals surface area contributed by atoms with Gasteiger partial charge in [-0.15, -0.1) is 0 Å². The highest BCUT2D eigenvalue weighted by atomic mass is 79.9. The molecule has 0 radical (unpaired) electrons. The van der Waals surface area contributed by atoms with Gasteiger partial charge in [0.25, 0.3) is 5.91 Å². The maximum Gasteiger partial charge on any atom is 0.380 e. The molecular weight excluding hydrogens is 510 g/mol. The Labute approximate surface area is 210 Å². The number of carbonyl (C=O) groups is 2. The van der Waals surface area contributed by atoms with Crippen LogP contribution in [0.25, 0.3) is 10.9 Å². The second kappa shape index (κ2) is 9.46. The van der Waals surface area contributed by atoms with E-state index in [1.165, 1.54) is 0 Å². The quantitative estimate of drug-likeness (QED) is 0.201. The van der Waals surface area contributed by atoms with Gasteiger partial charge in [0.1, 0.15) is 11.3 Å². The van der Waals surface area contributed by atoms with Crippen molar-refractivity contribution in [2.45, 2.75) is 33.1 Å². The fourth-order valence-electron chi connectivity index (χ4n) is 4.20. The molecule has 2 aromatic carbocycles. The number of aromatic nitrogens is 1. The molecule has 7 nitrogen and oxygen atoms in total. The van der Waals surface area contributed by atoms with Crippen LogP contribution < -0.4 is 10.2 Å². The van der Waals surface area contributed by atoms with E-state index < -0.39 is 5.97 Å². The van der Waals surface area contributed by atoms with Gasteiger partial charge in [-0.2, -0.15) is 5.10 Å². The van der Waals surface area contributed by atoms with Crippen LogP contribution in [0, 0.1) is 13.8 Å². The number of pyridine rings is 1. The van der Waals surface area contributed by atoms with Crippen LogP contribution >= 0.6 is 15.9 Å². The smallest absolute Gasteiger partial charge is 0.380 e. The number of carbonyl (C=O) groups excluding carboxylic acids is 2. The van der Waals surface area contributed by atoms with E-state index in [0.717, 1.165) is 27.4 Å². The molecule has 1 aliphatic rings. The Balaban J connectivity index is 1.41. The molecule has 2 heterocycles. The van der Waals surface area contributed by atoms with E-state index in [1.807, 2.05) is 37.3 Å². The van der Waals surface area contributed by atoms with Crippen molar-refractivity contribution in [1.82, 2.24) is 10.4 Å². The number of halogens is 1. The molecule has 176 valence electrons. The zero-order valence-electron chi connectivity index (χ0n) is 19.2. The molecule has 0 saturated heterocycles. The minimum Gasteiger partial charge on any atom is -0.453 e. The number of aryl methyl sites for hydroxylation is 2. The number of hydrogen-bond acceptors (Lipinski definition) is 6. The molecule has 1 N–H and O–H groups in total. The van der Waals surface area contributed by atoms with Gasteiger partial charge in [-0.25, -0.2) is 10.2 Å². The molecular formula is C27H22BrN3O4. The molecule has 0 spiro atoms. The summed E-state index contributed by atoms with van der Waals surface area (Å²) in [5.74, 6) is 0.250. The second-order valence-corrected chi connectivity index (χ2v) is 9.26.